The van der Waals surface area contributed by atoms with Crippen molar-refractivity contribution in [2.45, 2.75) is 20.8 Å². The Labute approximate surface area is 165 Å². The third-order valence-electron chi connectivity index (χ3n) is 4.45. The van der Waals surface area contributed by atoms with Crippen molar-refractivity contribution in [1.82, 2.24) is 5.43 Å². The van der Waals surface area contributed by atoms with Gasteiger partial charge >= 0.3 is 0 Å². The van der Waals surface area contributed by atoms with E-state index in [1.165, 1.54) is 5.56 Å². The number of hydrazone groups is 1. The van der Waals surface area contributed by atoms with Gasteiger partial charge in [0.05, 0.1) is 6.21 Å². The molecule has 0 saturated carbocycles. The molecule has 0 radical (unpaired) electrons. The van der Waals surface area contributed by atoms with E-state index < -0.39 is 0 Å². The van der Waals surface area contributed by atoms with Crippen molar-refractivity contribution in [3.8, 4) is 16.9 Å². The molecule has 0 aliphatic rings. The number of hydrogen-bond donors (Lipinski definition) is 1. The number of ether oxygens (including phenoxy) is 1. The van der Waals surface area contributed by atoms with Crippen molar-refractivity contribution in [2.24, 2.45) is 5.10 Å². The molecule has 3 rings (SSSR count). The Bertz CT molecular complexity index is 971. The molecule has 0 atom stereocenters. The fraction of sp³-hybridized carbons (Fsp3) is 0.167. The molecule has 4 heteroatoms. The minimum atomic E-state index is -0.304. The third kappa shape index (κ3) is 4.86. The average molecular weight is 372 g/mol. The molecule has 0 heterocycles. The van der Waals surface area contributed by atoms with Gasteiger partial charge in [0.2, 0.25) is 0 Å². The SMILES string of the molecule is Cc1cc(C)c(/C=N\NC(=O)COc2ccccc2-c2ccccc2)c(C)c1. The summed E-state index contributed by atoms with van der Waals surface area (Å²) in [4.78, 5) is 12.1. The first-order valence-electron chi connectivity index (χ1n) is 9.21. The summed E-state index contributed by atoms with van der Waals surface area (Å²) in [6.07, 6.45) is 1.68. The maximum atomic E-state index is 12.1. The lowest BCUT2D eigenvalue weighted by molar-refractivity contribution is -0.123. The van der Waals surface area contributed by atoms with E-state index in [0.717, 1.165) is 27.8 Å². The lowest BCUT2D eigenvalue weighted by Gasteiger charge is -2.11. The van der Waals surface area contributed by atoms with Gasteiger partial charge in [0.1, 0.15) is 5.75 Å². The highest BCUT2D eigenvalue weighted by Crippen LogP contribution is 2.29. The van der Waals surface area contributed by atoms with Crippen LogP contribution >= 0.6 is 0 Å². The monoisotopic (exact) mass is 372 g/mol. The summed E-state index contributed by atoms with van der Waals surface area (Å²) < 4.78 is 5.73. The molecule has 3 aromatic carbocycles. The van der Waals surface area contributed by atoms with Crippen molar-refractivity contribution in [2.75, 3.05) is 6.61 Å². The normalized spacial score (nSPS) is 10.8. The van der Waals surface area contributed by atoms with Crippen LogP contribution in [0.5, 0.6) is 5.75 Å². The van der Waals surface area contributed by atoms with Gasteiger partial charge in [-0.05, 0) is 43.5 Å². The second-order valence-electron chi connectivity index (χ2n) is 6.76. The fourth-order valence-corrected chi connectivity index (χ4v) is 3.19. The zero-order chi connectivity index (χ0) is 19.9. The number of amides is 1. The standard InChI is InChI=1S/C24H24N2O2/c1-17-13-18(2)22(19(3)14-17)15-25-26-24(27)16-28-23-12-8-7-11-21(23)20-9-5-4-6-10-20/h4-15H,16H2,1-3H3,(H,26,27)/b25-15-. The van der Waals surface area contributed by atoms with Gasteiger partial charge in [0, 0.05) is 11.1 Å². The van der Waals surface area contributed by atoms with Crippen molar-refractivity contribution in [3.63, 3.8) is 0 Å². The molecule has 0 fully saturated rings. The molecule has 28 heavy (non-hydrogen) atoms. The predicted octanol–water partition coefficient (Wildman–Crippen LogP) is 4.81. The summed E-state index contributed by atoms with van der Waals surface area (Å²) in [5.41, 5.74) is 9.01. The number of benzene rings is 3. The third-order valence-corrected chi connectivity index (χ3v) is 4.45. The van der Waals surface area contributed by atoms with Gasteiger partial charge < -0.3 is 4.74 Å². The quantitative estimate of drug-likeness (QED) is 0.499. The first kappa shape index (κ1) is 19.4. The second-order valence-corrected chi connectivity index (χ2v) is 6.76. The van der Waals surface area contributed by atoms with Crippen LogP contribution in [0.15, 0.2) is 71.8 Å². The summed E-state index contributed by atoms with van der Waals surface area (Å²) in [5, 5.41) is 4.08. The molecule has 0 aliphatic carbocycles. The molecule has 0 spiro atoms. The molecule has 4 nitrogen and oxygen atoms in total. The fourth-order valence-electron chi connectivity index (χ4n) is 3.19. The van der Waals surface area contributed by atoms with Gasteiger partial charge in [-0.2, -0.15) is 5.10 Å². The van der Waals surface area contributed by atoms with Crippen LogP contribution in [0, 0.1) is 20.8 Å². The molecular formula is C24H24N2O2. The van der Waals surface area contributed by atoms with E-state index in [-0.39, 0.29) is 12.5 Å². The first-order valence-corrected chi connectivity index (χ1v) is 9.21. The summed E-state index contributed by atoms with van der Waals surface area (Å²) in [7, 11) is 0. The topological polar surface area (TPSA) is 50.7 Å². The van der Waals surface area contributed by atoms with Gasteiger partial charge in [-0.1, -0.05) is 66.2 Å². The van der Waals surface area contributed by atoms with Crippen LogP contribution < -0.4 is 10.2 Å². The highest BCUT2D eigenvalue weighted by atomic mass is 16.5. The van der Waals surface area contributed by atoms with Crippen LogP contribution in [0.4, 0.5) is 0 Å². The average Bonchev–Trinajstić information content (AvgIpc) is 2.69. The number of nitrogens with zero attached hydrogens (tertiary/aromatic N) is 1. The van der Waals surface area contributed by atoms with Crippen LogP contribution in [0.3, 0.4) is 0 Å². The van der Waals surface area contributed by atoms with Gasteiger partial charge in [0.25, 0.3) is 5.91 Å². The first-order chi connectivity index (χ1) is 13.5. The van der Waals surface area contributed by atoms with E-state index >= 15 is 0 Å². The lowest BCUT2D eigenvalue weighted by Crippen LogP contribution is -2.24. The molecule has 142 valence electrons. The van der Waals surface area contributed by atoms with E-state index in [4.69, 9.17) is 4.74 Å². The molecule has 0 aliphatic heterocycles. The highest BCUT2D eigenvalue weighted by Gasteiger charge is 2.08. The minimum absolute atomic E-state index is 0.104. The van der Waals surface area contributed by atoms with E-state index in [1.54, 1.807) is 6.21 Å². The Morgan fingerprint density at radius 1 is 0.964 bits per heavy atom. The highest BCUT2D eigenvalue weighted by molar-refractivity contribution is 5.86. The van der Waals surface area contributed by atoms with Gasteiger partial charge in [-0.15, -0.1) is 0 Å². The largest absolute Gasteiger partial charge is 0.483 e. The number of para-hydroxylation sites is 1. The van der Waals surface area contributed by atoms with Crippen LogP contribution in [0.1, 0.15) is 22.3 Å². The zero-order valence-corrected chi connectivity index (χ0v) is 16.4. The number of aryl methyl sites for hydroxylation is 3. The van der Waals surface area contributed by atoms with Gasteiger partial charge in [-0.25, -0.2) is 5.43 Å². The number of nitrogens with one attached hydrogen (secondary N) is 1. The Balaban J connectivity index is 1.62. The smallest absolute Gasteiger partial charge is 0.277 e. The molecule has 0 aromatic heterocycles. The van der Waals surface area contributed by atoms with Crippen molar-refractivity contribution in [1.29, 1.82) is 0 Å². The maximum Gasteiger partial charge on any atom is 0.277 e. The van der Waals surface area contributed by atoms with Gasteiger partial charge in [-0.3, -0.25) is 4.79 Å². The van der Waals surface area contributed by atoms with E-state index in [2.05, 4.69) is 29.6 Å². The Kier molecular flexibility index (Phi) is 6.22. The molecule has 3 aromatic rings. The van der Waals surface area contributed by atoms with Gasteiger partial charge in [0.15, 0.2) is 6.61 Å². The van der Waals surface area contributed by atoms with Crippen molar-refractivity contribution < 1.29 is 9.53 Å². The molecule has 1 N–H and O–H groups in total. The summed E-state index contributed by atoms with van der Waals surface area (Å²) >= 11 is 0. The molecule has 1 amide bonds. The number of carbonyl (C=O) groups is 1. The van der Waals surface area contributed by atoms with Crippen LogP contribution in [0.2, 0.25) is 0 Å². The zero-order valence-electron chi connectivity index (χ0n) is 16.4. The molecular weight excluding hydrogens is 348 g/mol. The van der Waals surface area contributed by atoms with E-state index in [0.29, 0.717) is 5.75 Å². The molecule has 0 unspecified atom stereocenters. The number of carbonyl (C=O) groups excluding carboxylic acids is 1. The van der Waals surface area contributed by atoms with Crippen LogP contribution in [0.25, 0.3) is 11.1 Å². The van der Waals surface area contributed by atoms with E-state index in [1.807, 2.05) is 68.4 Å². The Morgan fingerprint density at radius 2 is 1.61 bits per heavy atom. The van der Waals surface area contributed by atoms with Crippen molar-refractivity contribution >= 4 is 12.1 Å². The molecule has 0 bridgehead atoms. The van der Waals surface area contributed by atoms with Crippen LogP contribution in [-0.4, -0.2) is 18.7 Å². The number of rotatable bonds is 6. The Morgan fingerprint density at radius 3 is 2.32 bits per heavy atom. The van der Waals surface area contributed by atoms with Crippen LogP contribution in [-0.2, 0) is 4.79 Å². The van der Waals surface area contributed by atoms with E-state index in [9.17, 15) is 4.79 Å². The minimum Gasteiger partial charge on any atom is -0.483 e. The second kappa shape index (κ2) is 9.00. The maximum absolute atomic E-state index is 12.1. The molecule has 0 saturated heterocycles. The summed E-state index contributed by atoms with van der Waals surface area (Å²) in [6, 6.07) is 21.8. The van der Waals surface area contributed by atoms with Crippen molar-refractivity contribution in [3.05, 3.63) is 89.0 Å². The predicted molar refractivity (Wildman–Crippen MR) is 114 cm³/mol. The Hall–Kier alpha value is -3.40. The lowest BCUT2D eigenvalue weighted by atomic mass is 10.0. The summed E-state index contributed by atoms with van der Waals surface area (Å²) in [5.74, 6) is 0.361. The number of hydrogen-bond acceptors (Lipinski definition) is 3. The summed E-state index contributed by atoms with van der Waals surface area (Å²) in [6.45, 7) is 6.03.